The van der Waals surface area contributed by atoms with E-state index in [9.17, 15) is 46.7 Å². The number of non-ortho nitro benzene ring substituents is 2. The Balaban J connectivity index is 1.30. The fraction of sp³-hybridized carbons (Fsp3) is 0.0370. The molecule has 16 nitrogen and oxygen atoms in total. The first kappa shape index (κ1) is 32.0. The highest BCUT2D eigenvalue weighted by Crippen LogP contribution is 2.20. The number of benzene rings is 4. The maximum Gasteiger partial charge on any atom is 0.333 e. The Hall–Kier alpha value is -5.88. The first-order chi connectivity index (χ1) is 21.2. The van der Waals surface area contributed by atoms with E-state index in [2.05, 4.69) is 10.6 Å². The van der Waals surface area contributed by atoms with Crippen LogP contribution < -0.4 is 20.1 Å². The molecular weight excluding hydrogens is 632 g/mol. The summed E-state index contributed by atoms with van der Waals surface area (Å²) in [6, 6.07) is 19.2. The fourth-order valence-electron chi connectivity index (χ4n) is 3.85. The number of carbonyl (C=O) groups is 2. The molecule has 0 heterocycles. The van der Waals surface area contributed by atoms with Gasteiger partial charge in [-0.1, -0.05) is 36.4 Å². The molecule has 0 aliphatic carbocycles. The lowest BCUT2D eigenvalue weighted by Gasteiger charge is -2.10. The van der Waals surface area contributed by atoms with Crippen LogP contribution in [-0.2, 0) is 26.5 Å². The minimum Gasteiger partial charge on any atom is -0.307 e. The number of hydrogen-bond donors (Lipinski definition) is 4. The first-order valence-corrected chi connectivity index (χ1v) is 15.5. The van der Waals surface area contributed by atoms with Gasteiger partial charge in [-0.05, 0) is 53.9 Å². The number of nitro benzene ring substituents is 2. The van der Waals surface area contributed by atoms with Crippen molar-refractivity contribution in [3.05, 3.63) is 128 Å². The number of amides is 4. The minimum atomic E-state index is -4.37. The molecule has 4 rings (SSSR count). The van der Waals surface area contributed by atoms with Crippen LogP contribution in [0.4, 0.5) is 32.3 Å². The summed E-state index contributed by atoms with van der Waals surface area (Å²) in [5, 5.41) is 26.6. The van der Waals surface area contributed by atoms with Crippen molar-refractivity contribution in [2.45, 2.75) is 16.2 Å². The Kier molecular flexibility index (Phi) is 9.39. The predicted octanol–water partition coefficient (Wildman–Crippen LogP) is 4.11. The van der Waals surface area contributed by atoms with Gasteiger partial charge in [0.2, 0.25) is 0 Å². The molecule has 0 unspecified atom stereocenters. The number of urea groups is 2. The molecule has 0 aliphatic heterocycles. The van der Waals surface area contributed by atoms with Gasteiger partial charge in [0, 0.05) is 35.6 Å². The summed E-state index contributed by atoms with van der Waals surface area (Å²) in [6.07, 6.45) is 0.432. The Morgan fingerprint density at radius 1 is 0.578 bits per heavy atom. The van der Waals surface area contributed by atoms with Crippen LogP contribution in [0.3, 0.4) is 0 Å². The Labute approximate surface area is 255 Å². The van der Waals surface area contributed by atoms with Gasteiger partial charge in [0.05, 0.1) is 19.6 Å². The third-order valence-corrected chi connectivity index (χ3v) is 8.62. The summed E-state index contributed by atoms with van der Waals surface area (Å²) in [5.74, 6) is 0. The molecule has 0 aliphatic rings. The molecule has 45 heavy (non-hydrogen) atoms. The van der Waals surface area contributed by atoms with Crippen molar-refractivity contribution in [2.24, 2.45) is 0 Å². The molecule has 4 amide bonds. The standard InChI is InChI=1S/C27H22N6O10S2/c34-26(30-44(40,41)24-5-1-3-22(16-24)32(36)37)28-20-11-7-18(8-12-20)15-19-9-13-21(14-10-19)29-27(35)31-45(42,43)25-6-2-4-23(17-25)33(38)39/h1-14,16-17H,15H2,(H2,28,30,34)(H2,29,31,35). The number of nitrogens with one attached hydrogen (secondary N) is 4. The number of rotatable bonds is 10. The van der Waals surface area contributed by atoms with Crippen molar-refractivity contribution in [3.63, 3.8) is 0 Å². The SMILES string of the molecule is O=C(Nc1ccc(Cc2ccc(NC(=O)NS(=O)(=O)c3cccc([N+](=O)[O-])c3)cc2)cc1)NS(=O)(=O)c1cccc([N+](=O)[O-])c1. The third kappa shape index (κ3) is 8.58. The van der Waals surface area contributed by atoms with Gasteiger partial charge < -0.3 is 10.6 Å². The smallest absolute Gasteiger partial charge is 0.307 e. The molecule has 4 aromatic carbocycles. The van der Waals surface area contributed by atoms with E-state index in [0.29, 0.717) is 6.42 Å². The molecule has 0 fully saturated rings. The van der Waals surface area contributed by atoms with Gasteiger partial charge in [-0.15, -0.1) is 0 Å². The third-order valence-electron chi connectivity index (χ3n) is 5.96. The van der Waals surface area contributed by atoms with Crippen LogP contribution in [0, 0.1) is 20.2 Å². The summed E-state index contributed by atoms with van der Waals surface area (Å²) >= 11 is 0. The molecule has 0 spiro atoms. The lowest BCUT2D eigenvalue weighted by molar-refractivity contribution is -0.385. The maximum atomic E-state index is 12.4. The average molecular weight is 655 g/mol. The van der Waals surface area contributed by atoms with Crippen molar-refractivity contribution in [3.8, 4) is 0 Å². The summed E-state index contributed by atoms with van der Waals surface area (Å²) < 4.78 is 53.3. The van der Waals surface area contributed by atoms with Crippen molar-refractivity contribution in [2.75, 3.05) is 10.6 Å². The quantitative estimate of drug-likeness (QED) is 0.141. The van der Waals surface area contributed by atoms with Crippen molar-refractivity contribution in [1.82, 2.24) is 9.44 Å². The highest BCUT2D eigenvalue weighted by atomic mass is 32.2. The van der Waals surface area contributed by atoms with E-state index in [-0.39, 0.29) is 11.4 Å². The number of carbonyl (C=O) groups excluding carboxylic acids is 2. The van der Waals surface area contributed by atoms with E-state index >= 15 is 0 Å². The zero-order valence-corrected chi connectivity index (χ0v) is 24.4. The van der Waals surface area contributed by atoms with Gasteiger partial charge in [0.1, 0.15) is 0 Å². The highest BCUT2D eigenvalue weighted by molar-refractivity contribution is 7.90. The molecule has 0 saturated carbocycles. The molecule has 0 atom stereocenters. The second kappa shape index (κ2) is 13.2. The Morgan fingerprint density at radius 2 is 0.933 bits per heavy atom. The van der Waals surface area contributed by atoms with Gasteiger partial charge in [0.15, 0.2) is 0 Å². The van der Waals surface area contributed by atoms with Gasteiger partial charge in [-0.25, -0.2) is 35.9 Å². The van der Waals surface area contributed by atoms with Crippen LogP contribution in [0.2, 0.25) is 0 Å². The monoisotopic (exact) mass is 654 g/mol. The average Bonchev–Trinajstić information content (AvgIpc) is 2.98. The Morgan fingerprint density at radius 3 is 1.27 bits per heavy atom. The van der Waals surface area contributed by atoms with Gasteiger partial charge >= 0.3 is 12.1 Å². The lowest BCUT2D eigenvalue weighted by Crippen LogP contribution is -2.34. The van der Waals surface area contributed by atoms with Gasteiger partial charge in [-0.2, -0.15) is 0 Å². The number of hydrogen-bond acceptors (Lipinski definition) is 10. The molecule has 0 aromatic heterocycles. The first-order valence-electron chi connectivity index (χ1n) is 12.6. The zero-order chi connectivity index (χ0) is 32.8. The molecule has 18 heteroatoms. The Bertz CT molecular complexity index is 1860. The molecule has 4 aromatic rings. The van der Waals surface area contributed by atoms with Crippen LogP contribution in [0.1, 0.15) is 11.1 Å². The van der Waals surface area contributed by atoms with E-state index < -0.39 is 63.1 Å². The fourth-order valence-corrected chi connectivity index (χ4v) is 5.74. The molecule has 0 radical (unpaired) electrons. The van der Waals surface area contributed by atoms with E-state index in [1.807, 2.05) is 0 Å². The maximum absolute atomic E-state index is 12.4. The van der Waals surface area contributed by atoms with Crippen LogP contribution >= 0.6 is 0 Å². The van der Waals surface area contributed by atoms with Crippen molar-refractivity contribution < 1.29 is 36.3 Å². The van der Waals surface area contributed by atoms with Crippen LogP contribution in [0.25, 0.3) is 0 Å². The summed E-state index contributed by atoms with van der Waals surface area (Å²) in [4.78, 5) is 43.9. The molecule has 232 valence electrons. The van der Waals surface area contributed by atoms with Gasteiger partial charge in [0.25, 0.3) is 31.4 Å². The number of nitrogens with zero attached hydrogens (tertiary/aromatic N) is 2. The summed E-state index contributed by atoms with van der Waals surface area (Å²) in [6.45, 7) is 0. The van der Waals surface area contributed by atoms with E-state index in [4.69, 9.17) is 0 Å². The second-order valence-corrected chi connectivity index (χ2v) is 12.6. The second-order valence-electron chi connectivity index (χ2n) is 9.20. The number of anilines is 2. The normalized spacial score (nSPS) is 11.2. The lowest BCUT2D eigenvalue weighted by atomic mass is 10.0. The van der Waals surface area contributed by atoms with Crippen LogP contribution in [0.5, 0.6) is 0 Å². The largest absolute Gasteiger partial charge is 0.333 e. The van der Waals surface area contributed by atoms with Crippen LogP contribution in [-0.4, -0.2) is 38.7 Å². The van der Waals surface area contributed by atoms with E-state index in [1.54, 1.807) is 33.7 Å². The molecule has 0 bridgehead atoms. The predicted molar refractivity (Wildman–Crippen MR) is 161 cm³/mol. The molecule has 0 saturated heterocycles. The number of sulfonamides is 2. The topological polar surface area (TPSA) is 237 Å². The van der Waals surface area contributed by atoms with Crippen molar-refractivity contribution >= 4 is 54.9 Å². The minimum absolute atomic E-state index is 0.274. The van der Waals surface area contributed by atoms with E-state index in [0.717, 1.165) is 47.5 Å². The van der Waals surface area contributed by atoms with Gasteiger partial charge in [-0.3, -0.25) is 20.2 Å². The molecular formula is C27H22N6O10S2. The van der Waals surface area contributed by atoms with Crippen molar-refractivity contribution in [1.29, 1.82) is 0 Å². The summed E-state index contributed by atoms with van der Waals surface area (Å²) in [7, 11) is -8.74. The molecule has 4 N–H and O–H groups in total. The number of nitro groups is 2. The highest BCUT2D eigenvalue weighted by Gasteiger charge is 2.21. The zero-order valence-electron chi connectivity index (χ0n) is 22.7. The van der Waals surface area contributed by atoms with Crippen LogP contribution in [0.15, 0.2) is 107 Å². The van der Waals surface area contributed by atoms with E-state index in [1.165, 1.54) is 36.4 Å². The summed E-state index contributed by atoms with van der Waals surface area (Å²) in [5.41, 5.74) is 1.28.